The van der Waals surface area contributed by atoms with E-state index in [0.29, 0.717) is 18.7 Å². The van der Waals surface area contributed by atoms with Crippen molar-refractivity contribution < 1.29 is 13.9 Å². The van der Waals surface area contributed by atoms with E-state index in [1.165, 1.54) is 0 Å². The highest BCUT2D eigenvalue weighted by atomic mass is 16.5. The average Bonchev–Trinajstić information content (AvgIpc) is 2.80. The maximum Gasteiger partial charge on any atom is 0.338 e. The van der Waals surface area contributed by atoms with Crippen molar-refractivity contribution in [3.8, 4) is 22.5 Å². The second-order valence-electron chi connectivity index (χ2n) is 8.50. The highest BCUT2D eigenvalue weighted by Crippen LogP contribution is 2.44. The molecule has 0 bridgehead atoms. The smallest absolute Gasteiger partial charge is 0.338 e. The van der Waals surface area contributed by atoms with Gasteiger partial charge in [-0.15, -0.1) is 0 Å². The van der Waals surface area contributed by atoms with Crippen LogP contribution < -0.4 is 10.7 Å². The molecule has 0 saturated carbocycles. The van der Waals surface area contributed by atoms with E-state index in [2.05, 4.69) is 49.3 Å². The number of anilines is 1. The first kappa shape index (κ1) is 23.6. The maximum absolute atomic E-state index is 13.0. The van der Waals surface area contributed by atoms with Crippen molar-refractivity contribution >= 4 is 22.6 Å². The number of hydrogen-bond acceptors (Lipinski definition) is 5. The first-order valence-electron chi connectivity index (χ1n) is 11.9. The molecule has 5 heteroatoms. The van der Waals surface area contributed by atoms with Gasteiger partial charge in [-0.3, -0.25) is 4.99 Å². The maximum atomic E-state index is 13.0. The lowest BCUT2D eigenvalue weighted by molar-refractivity contribution is 0.0527. The van der Waals surface area contributed by atoms with Crippen molar-refractivity contribution in [2.24, 2.45) is 4.99 Å². The van der Waals surface area contributed by atoms with Crippen LogP contribution in [0.3, 0.4) is 0 Å². The molecule has 0 radical (unpaired) electrons. The van der Waals surface area contributed by atoms with Gasteiger partial charge in [0, 0.05) is 53.0 Å². The van der Waals surface area contributed by atoms with Crippen LogP contribution in [0.25, 0.3) is 33.4 Å². The number of ether oxygens (including phenoxy) is 1. The standard InChI is InChI=1S/C29H32N2O3/c1-7-30-23-15-25-21(13-18(23)5)28(22-14-19(6)24(31-8-2)16-26(22)34-25)27-17(4)11-10-12-20(27)29(32)33-9-3/h10-16,30H,7-9H2,1-6H3. The third-order valence-corrected chi connectivity index (χ3v) is 6.10. The van der Waals surface area contributed by atoms with Gasteiger partial charge in [-0.25, -0.2) is 4.79 Å². The van der Waals surface area contributed by atoms with Gasteiger partial charge in [0.15, 0.2) is 0 Å². The molecule has 0 saturated heterocycles. The van der Waals surface area contributed by atoms with Crippen LogP contribution in [0.4, 0.5) is 5.69 Å². The van der Waals surface area contributed by atoms with E-state index in [0.717, 1.165) is 67.7 Å². The summed E-state index contributed by atoms with van der Waals surface area (Å²) in [5, 5.41) is 5.30. The Bertz CT molecular complexity index is 1420. The first-order valence-corrected chi connectivity index (χ1v) is 11.9. The quantitative estimate of drug-likeness (QED) is 0.260. The van der Waals surface area contributed by atoms with Crippen LogP contribution in [0.1, 0.15) is 47.8 Å². The zero-order valence-corrected chi connectivity index (χ0v) is 20.8. The zero-order chi connectivity index (χ0) is 24.4. The lowest BCUT2D eigenvalue weighted by Gasteiger charge is -2.21. The molecule has 5 nitrogen and oxygen atoms in total. The van der Waals surface area contributed by atoms with E-state index in [4.69, 9.17) is 9.15 Å². The zero-order valence-electron chi connectivity index (χ0n) is 20.8. The van der Waals surface area contributed by atoms with Crippen molar-refractivity contribution in [3.63, 3.8) is 0 Å². The Morgan fingerprint density at radius 2 is 1.76 bits per heavy atom. The summed E-state index contributed by atoms with van der Waals surface area (Å²) in [7, 11) is 0. The van der Waals surface area contributed by atoms with Crippen LogP contribution in [0, 0.1) is 20.8 Å². The van der Waals surface area contributed by atoms with Gasteiger partial charge in [0.25, 0.3) is 0 Å². The summed E-state index contributed by atoms with van der Waals surface area (Å²) in [6, 6.07) is 14.1. The second-order valence-corrected chi connectivity index (χ2v) is 8.50. The molecule has 0 fully saturated rings. The summed E-state index contributed by atoms with van der Waals surface area (Å²) in [4.78, 5) is 17.6. The first-order chi connectivity index (χ1) is 16.4. The number of aryl methyl sites for hydroxylation is 3. The molecule has 176 valence electrons. The van der Waals surface area contributed by atoms with Gasteiger partial charge in [0.1, 0.15) is 11.3 Å². The van der Waals surface area contributed by atoms with Crippen LogP contribution >= 0.6 is 0 Å². The molecule has 2 aliphatic rings. The van der Waals surface area contributed by atoms with Gasteiger partial charge in [-0.05, 0) is 76.4 Å². The number of carbonyl (C=O) groups excluding carboxylic acids is 1. The van der Waals surface area contributed by atoms with Crippen LogP contribution in [-0.2, 0) is 4.74 Å². The van der Waals surface area contributed by atoms with E-state index in [-0.39, 0.29) is 5.97 Å². The molecule has 0 unspecified atom stereocenters. The van der Waals surface area contributed by atoms with E-state index in [1.807, 2.05) is 45.0 Å². The second kappa shape index (κ2) is 9.72. The Labute approximate surface area is 200 Å². The summed E-state index contributed by atoms with van der Waals surface area (Å²) in [6.45, 7) is 13.9. The minimum Gasteiger partial charge on any atom is -0.462 e. The van der Waals surface area contributed by atoms with Crippen molar-refractivity contribution in [1.82, 2.24) is 0 Å². The van der Waals surface area contributed by atoms with Gasteiger partial charge < -0.3 is 14.5 Å². The predicted octanol–water partition coefficient (Wildman–Crippen LogP) is 6.66. The SMILES string of the molecule is CCN=c1cc2oc3cc(NCC)c(C)cc3c(-c3c(C)cccc3C(=O)OCC)c-2cc1C. The minimum absolute atomic E-state index is 0.321. The summed E-state index contributed by atoms with van der Waals surface area (Å²) in [6.07, 6.45) is 0. The predicted molar refractivity (Wildman–Crippen MR) is 139 cm³/mol. The Hall–Kier alpha value is -3.60. The summed E-state index contributed by atoms with van der Waals surface area (Å²) < 4.78 is 11.9. The average molecular weight is 457 g/mol. The third-order valence-electron chi connectivity index (χ3n) is 6.10. The number of esters is 1. The number of hydrogen-bond donors (Lipinski definition) is 1. The Kier molecular flexibility index (Phi) is 6.73. The van der Waals surface area contributed by atoms with Crippen molar-refractivity contribution in [1.29, 1.82) is 0 Å². The number of nitrogens with one attached hydrogen (secondary N) is 1. The molecule has 0 amide bonds. The van der Waals surface area contributed by atoms with Crippen molar-refractivity contribution in [2.75, 3.05) is 25.0 Å². The molecule has 2 aromatic rings. The lowest BCUT2D eigenvalue weighted by atomic mass is 9.87. The van der Waals surface area contributed by atoms with Gasteiger partial charge in [-0.2, -0.15) is 0 Å². The highest BCUT2D eigenvalue weighted by Gasteiger charge is 2.24. The summed E-state index contributed by atoms with van der Waals surface area (Å²) in [5.74, 6) is 0.420. The number of fused-ring (bicyclic) bond motifs is 2. The fourth-order valence-corrected chi connectivity index (χ4v) is 4.56. The fourth-order valence-electron chi connectivity index (χ4n) is 4.56. The molecule has 2 aromatic carbocycles. The van der Waals surface area contributed by atoms with Gasteiger partial charge in [-0.1, -0.05) is 12.1 Å². The van der Waals surface area contributed by atoms with Gasteiger partial charge in [0.05, 0.1) is 17.5 Å². The summed E-state index contributed by atoms with van der Waals surface area (Å²) >= 11 is 0. The molecular weight excluding hydrogens is 424 g/mol. The molecule has 0 atom stereocenters. The van der Waals surface area contributed by atoms with E-state index >= 15 is 0 Å². The third kappa shape index (κ3) is 4.18. The molecule has 1 N–H and O–H groups in total. The fraction of sp³-hybridized carbons (Fsp3) is 0.310. The van der Waals surface area contributed by atoms with E-state index in [1.54, 1.807) is 0 Å². The number of benzene rings is 3. The van der Waals surface area contributed by atoms with E-state index in [9.17, 15) is 4.79 Å². The summed E-state index contributed by atoms with van der Waals surface area (Å²) in [5.41, 5.74) is 8.35. The Balaban J connectivity index is 2.20. The highest BCUT2D eigenvalue weighted by molar-refractivity contribution is 6.09. The van der Waals surface area contributed by atoms with Gasteiger partial charge in [0.2, 0.25) is 0 Å². The largest absolute Gasteiger partial charge is 0.462 e. The molecule has 34 heavy (non-hydrogen) atoms. The van der Waals surface area contributed by atoms with Crippen LogP contribution in [0.5, 0.6) is 0 Å². The normalized spacial score (nSPS) is 11.9. The Morgan fingerprint density at radius 3 is 2.47 bits per heavy atom. The van der Waals surface area contributed by atoms with E-state index < -0.39 is 0 Å². The van der Waals surface area contributed by atoms with Crippen LogP contribution in [0.15, 0.2) is 51.9 Å². The lowest BCUT2D eigenvalue weighted by Crippen LogP contribution is -2.11. The van der Waals surface area contributed by atoms with Crippen molar-refractivity contribution in [2.45, 2.75) is 41.5 Å². The molecule has 1 aliphatic carbocycles. The number of nitrogens with zero attached hydrogens (tertiary/aromatic N) is 1. The number of carbonyl (C=O) groups is 1. The number of rotatable bonds is 6. The molecule has 0 aromatic heterocycles. The van der Waals surface area contributed by atoms with Crippen LogP contribution in [-0.4, -0.2) is 25.7 Å². The van der Waals surface area contributed by atoms with Crippen molar-refractivity contribution in [3.05, 3.63) is 70.1 Å². The molecule has 0 spiro atoms. The minimum atomic E-state index is -0.321. The topological polar surface area (TPSA) is 63.8 Å². The molecular formula is C29H32N2O3. The monoisotopic (exact) mass is 456 g/mol. The molecule has 4 rings (SSSR count). The molecule has 1 aliphatic heterocycles. The van der Waals surface area contributed by atoms with Crippen LogP contribution in [0.2, 0.25) is 0 Å². The Morgan fingerprint density at radius 1 is 0.971 bits per heavy atom. The molecule has 1 heterocycles. The van der Waals surface area contributed by atoms with Gasteiger partial charge >= 0.3 is 5.97 Å².